The van der Waals surface area contributed by atoms with Gasteiger partial charge in [0, 0.05) is 0 Å². The van der Waals surface area contributed by atoms with Gasteiger partial charge in [0.15, 0.2) is 0 Å². The topological polar surface area (TPSA) is 127 Å². The minimum atomic E-state index is -3.24. The molecule has 0 unspecified atom stereocenters. The van der Waals surface area contributed by atoms with E-state index >= 15 is 0 Å². The van der Waals surface area contributed by atoms with Gasteiger partial charge in [-0.1, -0.05) is 30.3 Å². The molecule has 0 saturated heterocycles. The third-order valence-corrected chi connectivity index (χ3v) is 3.06. The summed E-state index contributed by atoms with van der Waals surface area (Å²) in [4.78, 5) is 19.2. The molecule has 8 nitrogen and oxygen atoms in total. The molecule has 0 fully saturated rings. The van der Waals surface area contributed by atoms with E-state index in [-0.39, 0.29) is 5.57 Å². The monoisotopic (exact) mass is 278 g/mol. The SMILES string of the molecule is O=[N+]([O-])C1([N+](=O)[O-])C=CC(c2ccccc2)=CC1(O)O. The summed E-state index contributed by atoms with van der Waals surface area (Å²) in [6.07, 6.45) is 2.41. The number of rotatable bonds is 3. The van der Waals surface area contributed by atoms with E-state index < -0.39 is 21.3 Å². The molecule has 0 aliphatic heterocycles. The first-order chi connectivity index (χ1) is 9.31. The van der Waals surface area contributed by atoms with Crippen LogP contribution in [-0.2, 0) is 0 Å². The number of nitrogens with zero attached hydrogens (tertiary/aromatic N) is 2. The second kappa shape index (κ2) is 4.51. The normalized spacial score (nSPS) is 19.2. The Labute approximate surface area is 112 Å². The molecule has 20 heavy (non-hydrogen) atoms. The molecule has 0 heterocycles. The van der Waals surface area contributed by atoms with Crippen LogP contribution >= 0.6 is 0 Å². The summed E-state index contributed by atoms with van der Waals surface area (Å²) in [5.74, 6) is -3.24. The lowest BCUT2D eigenvalue weighted by molar-refractivity contribution is -0.807. The maximum Gasteiger partial charge on any atom is 0.533 e. The van der Waals surface area contributed by atoms with E-state index in [2.05, 4.69) is 0 Å². The highest BCUT2D eigenvalue weighted by atomic mass is 16.7. The Kier molecular flexibility index (Phi) is 3.12. The summed E-state index contributed by atoms with van der Waals surface area (Å²) in [7, 11) is 0. The Morgan fingerprint density at radius 1 is 1.00 bits per heavy atom. The Morgan fingerprint density at radius 2 is 1.55 bits per heavy atom. The average molecular weight is 278 g/mol. The van der Waals surface area contributed by atoms with Gasteiger partial charge in [-0.25, -0.2) is 0 Å². The lowest BCUT2D eigenvalue weighted by Gasteiger charge is -2.27. The Hall–Kier alpha value is -2.58. The van der Waals surface area contributed by atoms with Gasteiger partial charge in [0.25, 0.3) is 0 Å². The van der Waals surface area contributed by atoms with Gasteiger partial charge in [-0.3, -0.25) is 20.2 Å². The predicted octanol–water partition coefficient (Wildman–Crippen LogP) is 0.570. The fraction of sp³-hybridized carbons (Fsp3) is 0.167. The van der Waals surface area contributed by atoms with Crippen LogP contribution in [0.15, 0.2) is 48.6 Å². The molecule has 0 spiro atoms. The quantitative estimate of drug-likeness (QED) is 0.472. The molecule has 1 aliphatic rings. The van der Waals surface area contributed by atoms with Crippen molar-refractivity contribution < 1.29 is 20.1 Å². The minimum Gasteiger partial charge on any atom is -0.351 e. The minimum absolute atomic E-state index is 0.245. The molecule has 0 amide bonds. The molecule has 0 saturated carbocycles. The van der Waals surface area contributed by atoms with Crippen molar-refractivity contribution >= 4 is 5.57 Å². The largest absolute Gasteiger partial charge is 0.533 e. The lowest BCUT2D eigenvalue weighted by atomic mass is 9.88. The Balaban J connectivity index is 2.54. The van der Waals surface area contributed by atoms with E-state index in [1.165, 1.54) is 0 Å². The Bertz CT molecular complexity index is 606. The van der Waals surface area contributed by atoms with E-state index in [1.807, 2.05) is 0 Å². The standard InChI is InChI=1S/C12H10N2O6/c15-12(16)8-10(9-4-2-1-3-5-9)6-7-11(12,13(17)18)14(19)20/h1-8,15-16H. The third kappa shape index (κ3) is 1.87. The van der Waals surface area contributed by atoms with Crippen LogP contribution in [-0.4, -0.2) is 31.5 Å². The van der Waals surface area contributed by atoms with Gasteiger partial charge in [-0.2, -0.15) is 0 Å². The van der Waals surface area contributed by atoms with E-state index in [1.54, 1.807) is 30.3 Å². The van der Waals surface area contributed by atoms with Gasteiger partial charge in [0.05, 0.1) is 6.08 Å². The number of allylic oxidation sites excluding steroid dienone is 2. The highest BCUT2D eigenvalue weighted by Crippen LogP contribution is 2.35. The number of hydrogen-bond donors (Lipinski definition) is 2. The fourth-order valence-electron chi connectivity index (χ4n) is 1.97. The molecule has 8 heteroatoms. The zero-order valence-corrected chi connectivity index (χ0v) is 10.0. The van der Waals surface area contributed by atoms with Crippen LogP contribution in [0.25, 0.3) is 5.57 Å². The van der Waals surface area contributed by atoms with Crippen LogP contribution in [0.3, 0.4) is 0 Å². The van der Waals surface area contributed by atoms with Crippen molar-refractivity contribution in [3.63, 3.8) is 0 Å². The van der Waals surface area contributed by atoms with Crippen LogP contribution in [0.1, 0.15) is 5.56 Å². The van der Waals surface area contributed by atoms with Crippen LogP contribution in [0.4, 0.5) is 0 Å². The van der Waals surface area contributed by atoms with Gasteiger partial charge in [-0.15, -0.1) is 0 Å². The molecule has 2 rings (SSSR count). The first kappa shape index (κ1) is 13.8. The van der Waals surface area contributed by atoms with Crippen molar-refractivity contribution in [3.05, 3.63) is 74.4 Å². The van der Waals surface area contributed by atoms with Crippen molar-refractivity contribution in [2.45, 2.75) is 11.4 Å². The lowest BCUT2D eigenvalue weighted by Crippen LogP contribution is -2.63. The van der Waals surface area contributed by atoms with Gasteiger partial charge >= 0.3 is 11.4 Å². The third-order valence-electron chi connectivity index (χ3n) is 3.06. The zero-order valence-electron chi connectivity index (χ0n) is 10.0. The molecule has 1 aromatic carbocycles. The molecule has 0 bridgehead atoms. The molecule has 0 atom stereocenters. The van der Waals surface area contributed by atoms with Gasteiger partial charge < -0.3 is 10.2 Å². The van der Waals surface area contributed by atoms with Crippen molar-refractivity contribution in [1.82, 2.24) is 0 Å². The van der Waals surface area contributed by atoms with Crippen LogP contribution in [0.5, 0.6) is 0 Å². The molecule has 1 aromatic rings. The number of nitro groups is 2. The molecular weight excluding hydrogens is 268 g/mol. The van der Waals surface area contributed by atoms with Crippen molar-refractivity contribution in [3.8, 4) is 0 Å². The van der Waals surface area contributed by atoms with Crippen LogP contribution in [0, 0.1) is 20.2 Å². The molecular formula is C12H10N2O6. The summed E-state index contributed by atoms with van der Waals surface area (Å²) >= 11 is 0. The van der Waals surface area contributed by atoms with E-state index in [0.717, 1.165) is 6.08 Å². The second-order valence-corrected chi connectivity index (χ2v) is 4.27. The molecule has 2 N–H and O–H groups in total. The summed E-state index contributed by atoms with van der Waals surface area (Å²) in [5.41, 5.74) is -2.42. The summed E-state index contributed by atoms with van der Waals surface area (Å²) in [6, 6.07) is 8.38. The van der Waals surface area contributed by atoms with Gasteiger partial charge in [-0.05, 0) is 23.3 Å². The van der Waals surface area contributed by atoms with E-state index in [0.29, 0.717) is 17.7 Å². The summed E-state index contributed by atoms with van der Waals surface area (Å²) < 4.78 is 0. The molecule has 1 aliphatic carbocycles. The number of benzene rings is 1. The average Bonchev–Trinajstić information content (AvgIpc) is 2.37. The van der Waals surface area contributed by atoms with Gasteiger partial charge in [0.2, 0.25) is 0 Å². The smallest absolute Gasteiger partial charge is 0.351 e. The first-order valence-corrected chi connectivity index (χ1v) is 5.52. The maximum atomic E-state index is 10.9. The first-order valence-electron chi connectivity index (χ1n) is 5.52. The number of aliphatic hydroxyl groups is 2. The van der Waals surface area contributed by atoms with Crippen LogP contribution < -0.4 is 0 Å². The number of hydrogen-bond acceptors (Lipinski definition) is 6. The molecule has 0 aromatic heterocycles. The van der Waals surface area contributed by atoms with E-state index in [4.69, 9.17) is 0 Å². The van der Waals surface area contributed by atoms with Crippen molar-refractivity contribution in [2.75, 3.05) is 0 Å². The van der Waals surface area contributed by atoms with Crippen LogP contribution in [0.2, 0.25) is 0 Å². The van der Waals surface area contributed by atoms with Gasteiger partial charge in [0.1, 0.15) is 9.85 Å². The highest BCUT2D eigenvalue weighted by molar-refractivity contribution is 5.76. The van der Waals surface area contributed by atoms with Crippen molar-refractivity contribution in [2.24, 2.45) is 0 Å². The second-order valence-electron chi connectivity index (χ2n) is 4.27. The summed E-state index contributed by atoms with van der Waals surface area (Å²) in [5, 5.41) is 41.5. The zero-order chi connectivity index (χ0) is 15.0. The van der Waals surface area contributed by atoms with Crippen molar-refractivity contribution in [1.29, 1.82) is 0 Å². The predicted molar refractivity (Wildman–Crippen MR) is 67.4 cm³/mol. The molecule has 0 radical (unpaired) electrons. The summed E-state index contributed by atoms with van der Waals surface area (Å²) in [6.45, 7) is 0. The highest BCUT2D eigenvalue weighted by Gasteiger charge is 2.71. The molecule has 104 valence electrons. The fourth-order valence-corrected chi connectivity index (χ4v) is 1.97. The maximum absolute atomic E-state index is 10.9. The van der Waals surface area contributed by atoms with E-state index in [9.17, 15) is 30.4 Å². The Morgan fingerprint density at radius 3 is 2.00 bits per heavy atom.